The maximum Gasteiger partial charge on any atom is 0.673 e. The van der Waals surface area contributed by atoms with E-state index >= 15 is 0 Å². The monoisotopic (exact) mass is 596 g/mol. The van der Waals surface area contributed by atoms with Crippen LogP contribution < -0.4 is 0 Å². The van der Waals surface area contributed by atoms with E-state index in [0.29, 0.717) is 15.8 Å². The Labute approximate surface area is 216 Å². The van der Waals surface area contributed by atoms with Crippen LogP contribution in [0.2, 0.25) is 0 Å². The minimum atomic E-state index is -6.00. The molecule has 0 spiro atoms. The molecule has 0 aromatic heterocycles. The van der Waals surface area contributed by atoms with Crippen molar-refractivity contribution in [3.63, 3.8) is 0 Å². The minimum absolute atomic E-state index is 0. The Balaban J connectivity index is 0.000000324. The zero-order valence-electron chi connectivity index (χ0n) is 20.9. The molecule has 8 heteroatoms. The summed E-state index contributed by atoms with van der Waals surface area (Å²) in [6.45, 7) is 10.3. The van der Waals surface area contributed by atoms with Crippen LogP contribution in [-0.2, 0) is 19.5 Å². The summed E-state index contributed by atoms with van der Waals surface area (Å²) >= 11 is 0. The molecule has 0 aromatic carbocycles. The van der Waals surface area contributed by atoms with Crippen molar-refractivity contribution in [1.29, 1.82) is 0 Å². The van der Waals surface area contributed by atoms with Crippen LogP contribution in [0.5, 0.6) is 0 Å². The first-order chi connectivity index (χ1) is 15.1. The van der Waals surface area contributed by atoms with Crippen molar-refractivity contribution in [2.24, 2.45) is 0 Å². The van der Waals surface area contributed by atoms with E-state index in [1.54, 1.807) is 44.9 Å². The van der Waals surface area contributed by atoms with Crippen molar-refractivity contribution in [3.8, 4) is 0 Å². The first-order valence-corrected chi connectivity index (χ1v) is 15.9. The predicted octanol–water partition coefficient (Wildman–Crippen LogP) is 9.98. The zero-order valence-corrected chi connectivity index (χ0v) is 24.3. The Morgan fingerprint density at radius 2 is 0.788 bits per heavy atom. The Kier molecular flexibility index (Phi) is 15.2. The van der Waals surface area contributed by atoms with Crippen molar-refractivity contribution >= 4 is 23.1 Å². The quantitative estimate of drug-likeness (QED) is 0.129. The number of allylic oxidation sites excluding steroid dienone is 4. The summed E-state index contributed by atoms with van der Waals surface area (Å²) in [7, 11) is -5.29. The molecule has 1 radical (unpaired) electrons. The molecule has 1 saturated carbocycles. The molecule has 0 aromatic rings. The van der Waals surface area contributed by atoms with Crippen LogP contribution in [0.4, 0.5) is 17.3 Å². The fraction of sp³-hybridized carbons (Fsp3) is 0.840. The third kappa shape index (κ3) is 11.1. The van der Waals surface area contributed by atoms with Crippen molar-refractivity contribution < 1.29 is 36.7 Å². The first kappa shape index (κ1) is 31.8. The van der Waals surface area contributed by atoms with Gasteiger partial charge >= 0.3 is 7.25 Å². The Hall–Kier alpha value is 0.748. The van der Waals surface area contributed by atoms with Gasteiger partial charge in [0, 0.05) is 19.5 Å². The van der Waals surface area contributed by atoms with Gasteiger partial charge in [-0.3, -0.25) is 0 Å². The molecular weight excluding hydrogens is 552 g/mol. The normalized spacial score (nSPS) is 37.0. The molecule has 4 rings (SSSR count). The van der Waals surface area contributed by atoms with E-state index in [-0.39, 0.29) is 19.5 Å². The summed E-state index contributed by atoms with van der Waals surface area (Å²) in [6.07, 6.45) is 24.9. The van der Waals surface area contributed by atoms with Crippen LogP contribution >= 0.6 is 15.8 Å². The Bertz CT molecular complexity index is 519. The fourth-order valence-electron chi connectivity index (χ4n) is 6.21. The molecule has 0 bridgehead atoms. The summed E-state index contributed by atoms with van der Waals surface area (Å²) in [5.74, 6) is 0. The number of hydrogen-bond acceptors (Lipinski definition) is 0. The number of halogens is 4. The van der Waals surface area contributed by atoms with E-state index < -0.39 is 7.25 Å². The van der Waals surface area contributed by atoms with Gasteiger partial charge in [-0.2, -0.15) is 0 Å². The minimum Gasteiger partial charge on any atom is -0.418 e. The zero-order chi connectivity index (χ0) is 23.7. The SMILES string of the molecule is C1=C\CC/C=C\CC/1.C[C@@H]1CC[C@@H](C)P1[C@@H]1CCC[C@H]1P1[C@H](C)CC[C@H]1C.F[B-](F)(F)F.[Rh]. The maximum absolute atomic E-state index is 9.75. The van der Waals surface area contributed by atoms with Gasteiger partial charge in [-0.1, -0.05) is 74.3 Å². The van der Waals surface area contributed by atoms with E-state index in [4.69, 9.17) is 0 Å². The second-order valence-electron chi connectivity index (χ2n) is 10.1. The molecule has 2 aliphatic heterocycles. The molecule has 0 amide bonds. The van der Waals surface area contributed by atoms with Crippen molar-refractivity contribution in [3.05, 3.63) is 24.3 Å². The molecule has 0 unspecified atom stereocenters. The third-order valence-electron chi connectivity index (χ3n) is 7.58. The van der Waals surface area contributed by atoms with Crippen LogP contribution in [0.25, 0.3) is 0 Å². The molecule has 33 heavy (non-hydrogen) atoms. The second-order valence-corrected chi connectivity index (χ2v) is 16.7. The summed E-state index contributed by atoms with van der Waals surface area (Å²) in [6, 6.07) is 0. The fourth-order valence-corrected chi connectivity index (χ4v) is 15.3. The molecule has 3 fully saturated rings. The number of hydrogen-bond donors (Lipinski definition) is 0. The van der Waals surface area contributed by atoms with Gasteiger partial charge in [-0.25, -0.2) is 0 Å². The smallest absolute Gasteiger partial charge is 0.418 e. The Morgan fingerprint density at radius 3 is 1.03 bits per heavy atom. The second kappa shape index (κ2) is 15.8. The van der Waals surface area contributed by atoms with Gasteiger partial charge in [0.25, 0.3) is 0 Å². The molecule has 0 nitrogen and oxygen atoms in total. The van der Waals surface area contributed by atoms with E-state index in [1.807, 2.05) is 0 Å². The van der Waals surface area contributed by atoms with Crippen molar-refractivity contribution in [2.75, 3.05) is 0 Å². The molecule has 4 aliphatic rings. The molecular formula is C25H44BF4P2Rh-. The number of rotatable bonds is 2. The van der Waals surface area contributed by atoms with Crippen LogP contribution in [0, 0.1) is 0 Å². The average molecular weight is 596 g/mol. The average Bonchev–Trinajstić information content (AvgIpc) is 3.33. The molecule has 2 aliphatic carbocycles. The first-order valence-electron chi connectivity index (χ1n) is 12.8. The van der Waals surface area contributed by atoms with Crippen LogP contribution in [0.3, 0.4) is 0 Å². The summed E-state index contributed by atoms with van der Waals surface area (Å²) in [5, 5.41) is 0. The van der Waals surface area contributed by atoms with Gasteiger partial charge in [0.15, 0.2) is 0 Å². The maximum atomic E-state index is 9.75. The van der Waals surface area contributed by atoms with Gasteiger partial charge in [0.05, 0.1) is 0 Å². The van der Waals surface area contributed by atoms with Crippen molar-refractivity contribution in [1.82, 2.24) is 0 Å². The molecule has 2 heterocycles. The van der Waals surface area contributed by atoms with E-state index in [9.17, 15) is 17.3 Å². The van der Waals surface area contributed by atoms with Crippen LogP contribution in [0.1, 0.15) is 98.3 Å². The van der Waals surface area contributed by atoms with E-state index in [1.165, 1.54) is 37.0 Å². The molecule has 195 valence electrons. The Morgan fingerprint density at radius 1 is 0.545 bits per heavy atom. The van der Waals surface area contributed by atoms with Gasteiger partial charge in [0.1, 0.15) is 0 Å². The summed E-state index contributed by atoms with van der Waals surface area (Å²) < 4.78 is 39.0. The van der Waals surface area contributed by atoms with Gasteiger partial charge in [-0.05, 0) is 98.2 Å². The summed E-state index contributed by atoms with van der Waals surface area (Å²) in [4.78, 5) is 0. The van der Waals surface area contributed by atoms with Gasteiger partial charge in [-0.15, -0.1) is 0 Å². The van der Waals surface area contributed by atoms with Crippen LogP contribution in [-0.4, -0.2) is 41.2 Å². The molecule has 0 N–H and O–H groups in total. The molecule has 6 atom stereocenters. The van der Waals surface area contributed by atoms with E-state index in [2.05, 4.69) is 52.0 Å². The molecule has 2 saturated heterocycles. The topological polar surface area (TPSA) is 0 Å². The van der Waals surface area contributed by atoms with Crippen LogP contribution in [0.15, 0.2) is 24.3 Å². The van der Waals surface area contributed by atoms with Gasteiger partial charge in [0.2, 0.25) is 0 Å². The standard InChI is InChI=1S/C17H32P2.C8H12.BF4.Rh/c1-12-8-9-13(2)18(12)16-6-5-7-17(16)19-14(3)10-11-15(19)4;1-2-4-6-8-7-5-3-1;2-1(3,4)5;/h12-17H,5-11H2,1-4H3;1-2,7-8H,3-6H2;;/q;;-1;/b;2-1-,8-7-;;/t12-,13-,14-,15-,16-,17-;;;/m1.../s1. The third-order valence-corrected chi connectivity index (χ3v) is 15.7. The predicted molar refractivity (Wildman–Crippen MR) is 139 cm³/mol. The van der Waals surface area contributed by atoms with Gasteiger partial charge < -0.3 is 17.3 Å². The largest absolute Gasteiger partial charge is 0.673 e. The van der Waals surface area contributed by atoms with E-state index in [0.717, 1.165) is 22.6 Å². The summed E-state index contributed by atoms with van der Waals surface area (Å²) in [5.41, 5.74) is 6.68. The van der Waals surface area contributed by atoms with Crippen molar-refractivity contribution in [2.45, 2.75) is 132 Å².